The second-order valence-corrected chi connectivity index (χ2v) is 10.2. The van der Waals surface area contributed by atoms with Crippen LogP contribution in [0.2, 0.25) is 0 Å². The van der Waals surface area contributed by atoms with Gasteiger partial charge in [0, 0.05) is 32.6 Å². The minimum atomic E-state index is -0.325. The molecular formula is C29H28S4. The molecule has 4 aromatic carbocycles. The average molecular weight is 505 g/mol. The van der Waals surface area contributed by atoms with Gasteiger partial charge in [0.05, 0.1) is 0 Å². The Balaban J connectivity index is 1.98. The van der Waals surface area contributed by atoms with Gasteiger partial charge in [-0.25, -0.2) is 0 Å². The molecule has 0 radical (unpaired) electrons. The highest BCUT2D eigenvalue weighted by atomic mass is 32.1. The van der Waals surface area contributed by atoms with E-state index in [1.807, 2.05) is 0 Å². The lowest BCUT2D eigenvalue weighted by Crippen LogP contribution is -2.33. The van der Waals surface area contributed by atoms with Gasteiger partial charge in [-0.15, -0.1) is 25.3 Å². The van der Waals surface area contributed by atoms with E-state index in [2.05, 4.69) is 155 Å². The maximum absolute atomic E-state index is 4.54. The van der Waals surface area contributed by atoms with E-state index in [0.29, 0.717) is 0 Å². The highest BCUT2D eigenvalue weighted by Crippen LogP contribution is 2.48. The Labute approximate surface area is 219 Å². The van der Waals surface area contributed by atoms with Gasteiger partial charge in [0.2, 0.25) is 0 Å². The molecular weight excluding hydrogens is 477 g/mol. The first-order chi connectivity index (χ1) is 16.0. The van der Waals surface area contributed by atoms with Crippen LogP contribution in [-0.2, 0) is 16.9 Å². The lowest BCUT2D eigenvalue weighted by Gasteiger charge is -2.40. The highest BCUT2D eigenvalue weighted by molar-refractivity contribution is 7.80. The monoisotopic (exact) mass is 504 g/mol. The number of hydrogen-bond acceptors (Lipinski definition) is 4. The van der Waals surface area contributed by atoms with E-state index in [4.69, 9.17) is 0 Å². The van der Waals surface area contributed by atoms with Gasteiger partial charge < -0.3 is 0 Å². The smallest absolute Gasteiger partial charge is 0.0283 e. The van der Waals surface area contributed by atoms with Crippen LogP contribution >= 0.6 is 50.5 Å². The van der Waals surface area contributed by atoms with E-state index in [-0.39, 0.29) is 11.3 Å². The molecule has 0 amide bonds. The summed E-state index contributed by atoms with van der Waals surface area (Å²) in [7, 11) is 0. The quantitative estimate of drug-likeness (QED) is 0.179. The zero-order chi connectivity index (χ0) is 23.4. The van der Waals surface area contributed by atoms with Crippen molar-refractivity contribution in [3.63, 3.8) is 0 Å². The SMILES string of the molecule is CC(c1ccc(S)cc1)(c1ccc(S)cc1)C(c1ccc(CS)cc1)c1ccc(CS)cc1. The van der Waals surface area contributed by atoms with E-state index in [9.17, 15) is 0 Å². The fraction of sp³-hybridized carbons (Fsp3) is 0.172. The molecule has 0 fully saturated rings. The third-order valence-electron chi connectivity index (χ3n) is 6.50. The van der Waals surface area contributed by atoms with Gasteiger partial charge in [0.15, 0.2) is 0 Å². The van der Waals surface area contributed by atoms with Crippen LogP contribution in [-0.4, -0.2) is 0 Å². The summed E-state index contributed by atoms with van der Waals surface area (Å²) in [6.07, 6.45) is 0. The zero-order valence-corrected chi connectivity index (χ0v) is 22.1. The van der Waals surface area contributed by atoms with E-state index < -0.39 is 0 Å². The van der Waals surface area contributed by atoms with Gasteiger partial charge in [-0.1, -0.05) is 79.7 Å². The highest BCUT2D eigenvalue weighted by Gasteiger charge is 2.39. The van der Waals surface area contributed by atoms with Gasteiger partial charge in [0.1, 0.15) is 0 Å². The number of thiol groups is 4. The molecule has 4 heteroatoms. The normalized spacial score (nSPS) is 11.7. The second kappa shape index (κ2) is 10.7. The van der Waals surface area contributed by atoms with Gasteiger partial charge in [-0.3, -0.25) is 0 Å². The Hall–Kier alpha value is -1.72. The van der Waals surface area contributed by atoms with Gasteiger partial charge in [-0.05, 0) is 57.6 Å². The molecule has 33 heavy (non-hydrogen) atoms. The number of benzene rings is 4. The summed E-state index contributed by atoms with van der Waals surface area (Å²) in [5, 5.41) is 0. The fourth-order valence-electron chi connectivity index (χ4n) is 4.61. The number of hydrogen-bond donors (Lipinski definition) is 4. The predicted octanol–water partition coefficient (Wildman–Crippen LogP) is 8.26. The molecule has 4 rings (SSSR count). The van der Waals surface area contributed by atoms with Crippen LogP contribution in [0.1, 0.15) is 46.2 Å². The van der Waals surface area contributed by atoms with Gasteiger partial charge in [-0.2, -0.15) is 25.3 Å². The molecule has 0 aliphatic heterocycles. The van der Waals surface area contributed by atoms with Gasteiger partial charge in [0.25, 0.3) is 0 Å². The Morgan fingerprint density at radius 3 is 1.18 bits per heavy atom. The van der Waals surface area contributed by atoms with Crippen LogP contribution in [0, 0.1) is 0 Å². The molecule has 0 heterocycles. The van der Waals surface area contributed by atoms with Crippen molar-refractivity contribution in [1.82, 2.24) is 0 Å². The summed E-state index contributed by atoms with van der Waals surface area (Å²) in [4.78, 5) is 1.92. The van der Waals surface area contributed by atoms with Gasteiger partial charge >= 0.3 is 0 Å². The van der Waals surface area contributed by atoms with Crippen molar-refractivity contribution in [2.24, 2.45) is 0 Å². The Kier molecular flexibility index (Phi) is 7.91. The first-order valence-electron chi connectivity index (χ1n) is 10.9. The summed E-state index contributed by atoms with van der Waals surface area (Å²) in [5.74, 6) is 1.55. The minimum absolute atomic E-state index is 0.0944. The van der Waals surface area contributed by atoms with Crippen LogP contribution in [0.5, 0.6) is 0 Å². The maximum Gasteiger partial charge on any atom is 0.0283 e. The molecule has 0 unspecified atom stereocenters. The molecule has 0 aromatic heterocycles. The molecule has 168 valence electrons. The Morgan fingerprint density at radius 1 is 0.545 bits per heavy atom. The Morgan fingerprint density at radius 2 is 0.879 bits per heavy atom. The van der Waals surface area contributed by atoms with Crippen LogP contribution in [0.4, 0.5) is 0 Å². The molecule has 0 aliphatic rings. The Bertz CT molecular complexity index is 1090. The molecule has 0 aliphatic carbocycles. The van der Waals surface area contributed by atoms with Crippen molar-refractivity contribution in [2.75, 3.05) is 0 Å². The lowest BCUT2D eigenvalue weighted by molar-refractivity contribution is 0.497. The maximum atomic E-state index is 4.54. The topological polar surface area (TPSA) is 0 Å². The summed E-state index contributed by atoms with van der Waals surface area (Å²) >= 11 is 18.0. The number of rotatable bonds is 7. The van der Waals surface area contributed by atoms with Crippen molar-refractivity contribution in [3.05, 3.63) is 130 Å². The molecule has 0 saturated carbocycles. The van der Waals surface area contributed by atoms with E-state index >= 15 is 0 Å². The molecule has 0 saturated heterocycles. The average Bonchev–Trinajstić information content (AvgIpc) is 2.85. The summed E-state index contributed by atoms with van der Waals surface area (Å²) < 4.78 is 0. The van der Waals surface area contributed by atoms with Crippen LogP contribution in [0.25, 0.3) is 0 Å². The zero-order valence-electron chi connectivity index (χ0n) is 18.5. The van der Waals surface area contributed by atoms with Crippen molar-refractivity contribution >= 4 is 50.5 Å². The largest absolute Gasteiger partial charge is 0.175 e. The first-order valence-corrected chi connectivity index (χ1v) is 13.1. The fourth-order valence-corrected chi connectivity index (χ4v) is 5.33. The molecule has 4 aromatic rings. The summed E-state index contributed by atoms with van der Waals surface area (Å²) in [6, 6.07) is 34.9. The van der Waals surface area contributed by atoms with E-state index in [1.165, 1.54) is 33.4 Å². The molecule has 0 spiro atoms. The first kappa shape index (κ1) is 24.4. The second-order valence-electron chi connectivity index (χ2n) is 8.53. The van der Waals surface area contributed by atoms with Crippen molar-refractivity contribution < 1.29 is 0 Å². The van der Waals surface area contributed by atoms with Crippen molar-refractivity contribution in [3.8, 4) is 0 Å². The molecule has 0 nitrogen and oxygen atoms in total. The standard InChI is InChI=1S/C29H28S4/c1-29(24-10-14-26(32)15-11-24,25-12-16-27(33)17-13-25)28(22-6-2-20(18-30)3-7-22)23-8-4-21(19-31)5-9-23/h2-17,28,30-33H,18-19H2,1H3. The third-order valence-corrected chi connectivity index (χ3v) is 7.83. The summed E-state index contributed by atoms with van der Waals surface area (Å²) in [6.45, 7) is 2.34. The molecule has 0 bridgehead atoms. The van der Waals surface area contributed by atoms with Crippen LogP contribution in [0.15, 0.2) is 107 Å². The predicted molar refractivity (Wildman–Crippen MR) is 154 cm³/mol. The molecule has 0 N–H and O–H groups in total. The minimum Gasteiger partial charge on any atom is -0.175 e. The van der Waals surface area contributed by atoms with E-state index in [1.54, 1.807) is 0 Å². The van der Waals surface area contributed by atoms with Crippen molar-refractivity contribution in [2.45, 2.75) is 39.6 Å². The lowest BCUT2D eigenvalue weighted by atomic mass is 9.62. The third kappa shape index (κ3) is 5.19. The summed E-state index contributed by atoms with van der Waals surface area (Å²) in [5.41, 5.74) is 7.13. The van der Waals surface area contributed by atoms with Crippen LogP contribution < -0.4 is 0 Å². The van der Waals surface area contributed by atoms with Crippen LogP contribution in [0.3, 0.4) is 0 Å². The molecule has 0 atom stereocenters. The van der Waals surface area contributed by atoms with E-state index in [0.717, 1.165) is 21.3 Å². The van der Waals surface area contributed by atoms with Crippen molar-refractivity contribution in [1.29, 1.82) is 0 Å².